The predicted octanol–water partition coefficient (Wildman–Crippen LogP) is 5.90. The van der Waals surface area contributed by atoms with Gasteiger partial charge in [-0.2, -0.15) is 0 Å². The lowest BCUT2D eigenvalue weighted by Crippen LogP contribution is -1.80. The maximum absolute atomic E-state index is 4.69. The van der Waals surface area contributed by atoms with Crippen molar-refractivity contribution in [3.8, 4) is 0 Å². The molecule has 0 N–H and O–H groups in total. The maximum atomic E-state index is 4.69. The van der Waals surface area contributed by atoms with E-state index in [9.17, 15) is 0 Å². The van der Waals surface area contributed by atoms with Gasteiger partial charge in [0.05, 0.1) is 0 Å². The summed E-state index contributed by atoms with van der Waals surface area (Å²) in [4.78, 5) is 0. The van der Waals surface area contributed by atoms with Crippen LogP contribution in [0.2, 0.25) is 0 Å². The van der Waals surface area contributed by atoms with Crippen molar-refractivity contribution in [2.45, 2.75) is 70.7 Å². The Hall–Kier alpha value is -0.0800. The number of methoxy groups -OCH3 is 2. The van der Waals surface area contributed by atoms with E-state index in [1.807, 2.05) is 27.7 Å². The van der Waals surface area contributed by atoms with Crippen molar-refractivity contribution < 1.29 is 9.47 Å². The molecule has 0 atom stereocenters. The van der Waals surface area contributed by atoms with E-state index in [0.717, 1.165) is 13.0 Å². The first kappa shape index (κ1) is 56.5. The largest absolute Gasteiger partial charge is 0.388 e. The van der Waals surface area contributed by atoms with Gasteiger partial charge in [0.25, 0.3) is 0 Å². The summed E-state index contributed by atoms with van der Waals surface area (Å²) in [6.45, 7) is 11.0. The summed E-state index contributed by atoms with van der Waals surface area (Å²) in [7, 11) is 4.96. The van der Waals surface area contributed by atoms with Gasteiger partial charge in [0, 0.05) is 27.9 Å². The Morgan fingerprint density at radius 2 is 0.875 bits per heavy atom. The van der Waals surface area contributed by atoms with Crippen LogP contribution in [0.4, 0.5) is 0 Å². The third-order valence-corrected chi connectivity index (χ3v) is 0.408. The lowest BCUT2D eigenvalue weighted by molar-refractivity contribution is 0.199. The van der Waals surface area contributed by atoms with Crippen molar-refractivity contribution in [3.05, 3.63) is 0 Å². The highest BCUT2D eigenvalue weighted by Gasteiger charge is 1.66. The molecule has 2 heteroatoms. The van der Waals surface area contributed by atoms with E-state index < -0.39 is 0 Å². The van der Waals surface area contributed by atoms with Crippen molar-refractivity contribution in [1.82, 2.24) is 0 Å². The fourth-order valence-corrected chi connectivity index (χ4v) is 0.204. The molecule has 0 aliphatic carbocycles. The zero-order valence-electron chi connectivity index (χ0n) is 10.2. The lowest BCUT2D eigenvalue weighted by atomic mass is 10.5. The molecule has 0 rings (SSSR count). The average Bonchev–Trinajstić information content (AvgIpc) is 2.14. The van der Waals surface area contributed by atoms with Gasteiger partial charge in [-0.05, 0) is 6.42 Å². The standard InChI is InChI=1S/C4H10O.C2H6O.2C2H6.4CH4/c1-3-4-5-2;1-3-2;2*1-2;;;;/h3-4H2,1-2H3;1-2H3;2*1-2H3;4*1H4. The number of rotatable bonds is 2. The van der Waals surface area contributed by atoms with E-state index in [2.05, 4.69) is 11.7 Å². The molecule has 16 heavy (non-hydrogen) atoms. The molecule has 0 fully saturated rings. The Morgan fingerprint density at radius 1 is 0.688 bits per heavy atom. The molecule has 0 unspecified atom stereocenters. The lowest BCUT2D eigenvalue weighted by Gasteiger charge is -1.84. The van der Waals surface area contributed by atoms with E-state index in [1.54, 1.807) is 21.3 Å². The highest BCUT2D eigenvalue weighted by Crippen LogP contribution is 1.70. The minimum absolute atomic E-state index is 0. The second-order valence-corrected chi connectivity index (χ2v) is 1.40. The molecule has 0 saturated carbocycles. The molecule has 0 saturated heterocycles. The molecular formula is C14H44O2. The maximum Gasteiger partial charge on any atom is 0.0459 e. The van der Waals surface area contributed by atoms with Gasteiger partial charge in [-0.1, -0.05) is 64.3 Å². The van der Waals surface area contributed by atoms with Gasteiger partial charge < -0.3 is 9.47 Å². The molecule has 112 valence electrons. The molecule has 0 aliphatic heterocycles. The molecule has 0 heterocycles. The predicted molar refractivity (Wildman–Crippen MR) is 84.7 cm³/mol. The van der Waals surface area contributed by atoms with Gasteiger partial charge in [0.1, 0.15) is 0 Å². The Bertz CT molecular complexity index is 22.7. The Morgan fingerprint density at radius 3 is 0.875 bits per heavy atom. The van der Waals surface area contributed by atoms with Crippen LogP contribution in [0, 0.1) is 0 Å². The Balaban J connectivity index is -0.00000000880. The van der Waals surface area contributed by atoms with Crippen LogP contribution < -0.4 is 0 Å². The number of ether oxygens (including phenoxy) is 2. The second kappa shape index (κ2) is 188. The molecule has 0 aromatic rings. The minimum Gasteiger partial charge on any atom is -0.388 e. The molecule has 0 spiro atoms. The van der Waals surface area contributed by atoms with Gasteiger partial charge in [-0.3, -0.25) is 0 Å². The zero-order chi connectivity index (χ0) is 10.8. The van der Waals surface area contributed by atoms with Crippen molar-refractivity contribution in [3.63, 3.8) is 0 Å². The molecular weight excluding hydrogens is 200 g/mol. The van der Waals surface area contributed by atoms with Crippen LogP contribution in [0.3, 0.4) is 0 Å². The molecule has 0 aromatic carbocycles. The van der Waals surface area contributed by atoms with Gasteiger partial charge in [0.2, 0.25) is 0 Å². The molecule has 0 radical (unpaired) electrons. The third-order valence-electron chi connectivity index (χ3n) is 0.408. The van der Waals surface area contributed by atoms with E-state index in [1.165, 1.54) is 0 Å². The van der Waals surface area contributed by atoms with Crippen LogP contribution in [0.25, 0.3) is 0 Å². The van der Waals surface area contributed by atoms with Crippen molar-refractivity contribution in [2.24, 2.45) is 0 Å². The highest BCUT2D eigenvalue weighted by molar-refractivity contribution is 4.15. The van der Waals surface area contributed by atoms with Crippen molar-refractivity contribution in [2.75, 3.05) is 27.9 Å². The van der Waals surface area contributed by atoms with Gasteiger partial charge in [0.15, 0.2) is 0 Å². The summed E-state index contributed by atoms with van der Waals surface area (Å²) in [5.41, 5.74) is 0. The molecule has 0 aliphatic rings. The zero-order valence-corrected chi connectivity index (χ0v) is 10.2. The smallest absolute Gasteiger partial charge is 0.0459 e. The van der Waals surface area contributed by atoms with Crippen LogP contribution in [0.1, 0.15) is 70.7 Å². The summed E-state index contributed by atoms with van der Waals surface area (Å²) < 4.78 is 8.94. The van der Waals surface area contributed by atoms with Crippen LogP contribution >= 0.6 is 0 Å². The fraction of sp³-hybridized carbons (Fsp3) is 1.00. The van der Waals surface area contributed by atoms with Gasteiger partial charge in [-0.25, -0.2) is 0 Å². The molecule has 2 nitrogen and oxygen atoms in total. The Labute approximate surface area is 109 Å². The average molecular weight is 245 g/mol. The SMILES string of the molecule is C.C.C.C.CC.CC.CCCOC.COC. The second-order valence-electron chi connectivity index (χ2n) is 1.40. The molecule has 0 bridgehead atoms. The van der Waals surface area contributed by atoms with E-state index in [0.29, 0.717) is 0 Å². The minimum atomic E-state index is 0. The Kier molecular flexibility index (Phi) is 664. The monoisotopic (exact) mass is 244 g/mol. The van der Waals surface area contributed by atoms with E-state index in [4.69, 9.17) is 4.74 Å². The number of hydrogen-bond acceptors (Lipinski definition) is 2. The summed E-state index contributed by atoms with van der Waals surface area (Å²) in [6, 6.07) is 0. The van der Waals surface area contributed by atoms with Gasteiger partial charge in [-0.15, -0.1) is 0 Å². The van der Waals surface area contributed by atoms with Crippen LogP contribution in [-0.4, -0.2) is 27.9 Å². The van der Waals surface area contributed by atoms with Crippen LogP contribution in [0.15, 0.2) is 0 Å². The summed E-state index contributed by atoms with van der Waals surface area (Å²) >= 11 is 0. The first-order valence-corrected chi connectivity index (χ1v) is 4.72. The fourth-order valence-electron chi connectivity index (χ4n) is 0.204. The van der Waals surface area contributed by atoms with Crippen LogP contribution in [0.5, 0.6) is 0 Å². The third kappa shape index (κ3) is 630. The van der Waals surface area contributed by atoms with Gasteiger partial charge >= 0.3 is 0 Å². The first-order chi connectivity index (χ1) is 5.83. The van der Waals surface area contributed by atoms with Crippen molar-refractivity contribution >= 4 is 0 Å². The number of hydrogen-bond donors (Lipinski definition) is 0. The summed E-state index contributed by atoms with van der Waals surface area (Å²) in [6.07, 6.45) is 1.12. The summed E-state index contributed by atoms with van der Waals surface area (Å²) in [5, 5.41) is 0. The van der Waals surface area contributed by atoms with E-state index in [-0.39, 0.29) is 29.7 Å². The topological polar surface area (TPSA) is 18.5 Å². The van der Waals surface area contributed by atoms with Crippen molar-refractivity contribution in [1.29, 1.82) is 0 Å². The summed E-state index contributed by atoms with van der Waals surface area (Å²) in [5.74, 6) is 0. The molecule has 0 aromatic heterocycles. The molecule has 0 amide bonds. The normalized spacial score (nSPS) is 4.50. The first-order valence-electron chi connectivity index (χ1n) is 4.72. The highest BCUT2D eigenvalue weighted by atomic mass is 16.5. The van der Waals surface area contributed by atoms with Crippen LogP contribution in [-0.2, 0) is 9.47 Å². The quantitative estimate of drug-likeness (QED) is 0.602. The van der Waals surface area contributed by atoms with E-state index >= 15 is 0 Å².